The molecule has 3 N–H and O–H groups in total. The summed E-state index contributed by atoms with van der Waals surface area (Å²) >= 11 is 0. The van der Waals surface area contributed by atoms with Gasteiger partial charge in [0.2, 0.25) is 0 Å². The largest absolute Gasteiger partial charge is 0.508 e. The molecule has 0 heterocycles. The number of carbonyl (C=O) groups excluding carboxylic acids is 1. The number of hydrogen-bond acceptors (Lipinski definition) is 6. The molecule has 0 saturated heterocycles. The third-order valence-electron chi connectivity index (χ3n) is 4.14. The van der Waals surface area contributed by atoms with Crippen LogP contribution in [0.2, 0.25) is 0 Å². The van der Waals surface area contributed by atoms with E-state index in [2.05, 4.69) is 6.58 Å². The molecule has 0 unspecified atom stereocenters. The standard InChI is InChI=1S/C24H24O6/c1-4-5-18-12-17(14-23(30-3)24(18)28)7-10-20(26)15-19(25)9-6-16-8-11-21(27)22(13-16)29-2/h4,6-15,26-28H,1,5H2,2-3H3/b9-6+,10-7+,20-15?. The summed E-state index contributed by atoms with van der Waals surface area (Å²) in [4.78, 5) is 12.0. The van der Waals surface area contributed by atoms with Crippen LogP contribution in [0, 0.1) is 0 Å². The highest BCUT2D eigenvalue weighted by molar-refractivity contribution is 6.02. The summed E-state index contributed by atoms with van der Waals surface area (Å²) in [5.74, 6) is 0.00297. The fraction of sp³-hybridized carbons (Fsp3) is 0.125. The molecule has 0 fully saturated rings. The zero-order valence-corrected chi connectivity index (χ0v) is 16.8. The number of phenols is 2. The van der Waals surface area contributed by atoms with Gasteiger partial charge in [-0.1, -0.05) is 24.3 Å². The molecule has 2 rings (SSSR count). The Morgan fingerprint density at radius 2 is 1.67 bits per heavy atom. The third kappa shape index (κ3) is 6.04. The molecule has 0 aliphatic carbocycles. The topological polar surface area (TPSA) is 96.2 Å². The van der Waals surface area contributed by atoms with Crippen molar-refractivity contribution in [2.24, 2.45) is 0 Å². The highest BCUT2D eigenvalue weighted by Crippen LogP contribution is 2.32. The van der Waals surface area contributed by atoms with Crippen molar-refractivity contribution in [2.75, 3.05) is 14.2 Å². The second kappa shape index (κ2) is 10.6. The number of allylic oxidation sites excluding steroid dienone is 4. The van der Waals surface area contributed by atoms with Crippen LogP contribution in [0.1, 0.15) is 16.7 Å². The Morgan fingerprint density at radius 1 is 1.00 bits per heavy atom. The molecule has 30 heavy (non-hydrogen) atoms. The molecular formula is C24H24O6. The molecule has 0 saturated carbocycles. The summed E-state index contributed by atoms with van der Waals surface area (Å²) in [6, 6.07) is 8.03. The van der Waals surface area contributed by atoms with Crippen LogP contribution in [0.3, 0.4) is 0 Å². The number of hydrogen-bond donors (Lipinski definition) is 3. The Bertz CT molecular complexity index is 1010. The first-order valence-corrected chi connectivity index (χ1v) is 9.06. The number of methoxy groups -OCH3 is 2. The molecule has 6 nitrogen and oxygen atoms in total. The van der Waals surface area contributed by atoms with Gasteiger partial charge in [-0.3, -0.25) is 4.79 Å². The summed E-state index contributed by atoms with van der Waals surface area (Å²) in [7, 11) is 2.89. The first-order chi connectivity index (χ1) is 14.4. The van der Waals surface area contributed by atoms with Crippen LogP contribution in [0.15, 0.2) is 67.0 Å². The lowest BCUT2D eigenvalue weighted by Gasteiger charge is -2.09. The summed E-state index contributed by atoms with van der Waals surface area (Å²) in [5.41, 5.74) is 1.98. The van der Waals surface area contributed by atoms with Crippen molar-refractivity contribution in [1.82, 2.24) is 0 Å². The van der Waals surface area contributed by atoms with Gasteiger partial charge >= 0.3 is 0 Å². The number of aromatic hydroxyl groups is 2. The van der Waals surface area contributed by atoms with Gasteiger partial charge < -0.3 is 24.8 Å². The molecule has 6 heteroatoms. The Kier molecular flexibility index (Phi) is 7.88. The van der Waals surface area contributed by atoms with Gasteiger partial charge in [0.05, 0.1) is 14.2 Å². The fourth-order valence-corrected chi connectivity index (χ4v) is 2.65. The van der Waals surface area contributed by atoms with E-state index in [4.69, 9.17) is 9.47 Å². The van der Waals surface area contributed by atoms with Crippen LogP contribution in [0.25, 0.3) is 12.2 Å². The van der Waals surface area contributed by atoms with Gasteiger partial charge in [-0.2, -0.15) is 0 Å². The van der Waals surface area contributed by atoms with Crippen molar-refractivity contribution in [3.8, 4) is 23.0 Å². The SMILES string of the molecule is C=CCc1cc(/C=C/C(O)=CC(=O)/C=C/c2ccc(O)c(OC)c2)cc(OC)c1O. The Labute approximate surface area is 175 Å². The number of phenolic OH excluding ortho intramolecular Hbond substituents is 2. The maximum absolute atomic E-state index is 12.0. The van der Waals surface area contributed by atoms with Gasteiger partial charge in [0, 0.05) is 11.6 Å². The molecule has 2 aromatic carbocycles. The van der Waals surface area contributed by atoms with Crippen molar-refractivity contribution in [1.29, 1.82) is 0 Å². The molecule has 0 aromatic heterocycles. The second-order valence-corrected chi connectivity index (χ2v) is 6.29. The molecule has 0 amide bonds. The number of ketones is 1. The zero-order valence-electron chi connectivity index (χ0n) is 16.8. The van der Waals surface area contributed by atoms with Crippen LogP contribution in [0.4, 0.5) is 0 Å². The first-order valence-electron chi connectivity index (χ1n) is 9.06. The Balaban J connectivity index is 2.13. The predicted octanol–water partition coefficient (Wildman–Crippen LogP) is 4.58. The molecule has 0 radical (unpaired) electrons. The number of benzene rings is 2. The first kappa shape index (κ1) is 22.4. The third-order valence-corrected chi connectivity index (χ3v) is 4.14. The summed E-state index contributed by atoms with van der Waals surface area (Å²) < 4.78 is 10.2. The van der Waals surface area contributed by atoms with Crippen LogP contribution >= 0.6 is 0 Å². The summed E-state index contributed by atoms with van der Waals surface area (Å²) in [5, 5.41) is 29.7. The highest BCUT2D eigenvalue weighted by atomic mass is 16.5. The number of aliphatic hydroxyl groups is 1. The van der Waals surface area contributed by atoms with Crippen LogP contribution < -0.4 is 9.47 Å². The Morgan fingerprint density at radius 3 is 2.33 bits per heavy atom. The van der Waals surface area contributed by atoms with Gasteiger partial charge in [0.25, 0.3) is 0 Å². The zero-order chi connectivity index (χ0) is 22.1. The van der Waals surface area contributed by atoms with Crippen molar-refractivity contribution < 1.29 is 29.6 Å². The molecular weight excluding hydrogens is 384 g/mol. The molecule has 0 aliphatic rings. The normalized spacial score (nSPS) is 11.7. The fourth-order valence-electron chi connectivity index (χ4n) is 2.65. The lowest BCUT2D eigenvalue weighted by molar-refractivity contribution is -0.110. The van der Waals surface area contributed by atoms with Crippen LogP contribution in [0.5, 0.6) is 23.0 Å². The molecule has 0 aliphatic heterocycles. The van der Waals surface area contributed by atoms with E-state index in [0.717, 1.165) is 6.08 Å². The minimum atomic E-state index is -0.417. The molecule has 0 spiro atoms. The lowest BCUT2D eigenvalue weighted by Crippen LogP contribution is -1.91. The average Bonchev–Trinajstić information content (AvgIpc) is 2.73. The smallest absolute Gasteiger partial charge is 0.182 e. The van der Waals surface area contributed by atoms with E-state index in [0.29, 0.717) is 34.6 Å². The van der Waals surface area contributed by atoms with E-state index in [1.54, 1.807) is 42.5 Å². The van der Waals surface area contributed by atoms with E-state index in [1.807, 2.05) is 0 Å². The van der Waals surface area contributed by atoms with Crippen LogP contribution in [-0.4, -0.2) is 35.3 Å². The second-order valence-electron chi connectivity index (χ2n) is 6.29. The number of rotatable bonds is 9. The van der Waals surface area contributed by atoms with E-state index in [-0.39, 0.29) is 17.3 Å². The van der Waals surface area contributed by atoms with E-state index in [9.17, 15) is 20.1 Å². The average molecular weight is 408 g/mol. The van der Waals surface area contributed by atoms with Gasteiger partial charge in [-0.05, 0) is 54.0 Å². The van der Waals surface area contributed by atoms with Crippen LogP contribution in [-0.2, 0) is 11.2 Å². The maximum atomic E-state index is 12.0. The van der Waals surface area contributed by atoms with Gasteiger partial charge in [0.1, 0.15) is 5.76 Å². The highest BCUT2D eigenvalue weighted by Gasteiger charge is 2.08. The molecule has 0 bridgehead atoms. The molecule has 0 atom stereocenters. The lowest BCUT2D eigenvalue weighted by atomic mass is 10.0. The van der Waals surface area contributed by atoms with E-state index >= 15 is 0 Å². The molecule has 2 aromatic rings. The van der Waals surface area contributed by atoms with E-state index in [1.165, 1.54) is 32.4 Å². The Hall–Kier alpha value is -3.93. The summed E-state index contributed by atoms with van der Waals surface area (Å²) in [6.07, 6.45) is 9.00. The number of ether oxygens (including phenoxy) is 2. The van der Waals surface area contributed by atoms with Gasteiger partial charge in [0.15, 0.2) is 28.8 Å². The van der Waals surface area contributed by atoms with E-state index < -0.39 is 5.78 Å². The predicted molar refractivity (Wildman–Crippen MR) is 117 cm³/mol. The number of aliphatic hydroxyl groups excluding tert-OH is 1. The summed E-state index contributed by atoms with van der Waals surface area (Å²) in [6.45, 7) is 3.66. The number of carbonyl (C=O) groups is 1. The van der Waals surface area contributed by atoms with Crippen molar-refractivity contribution in [3.63, 3.8) is 0 Å². The maximum Gasteiger partial charge on any atom is 0.182 e. The monoisotopic (exact) mass is 408 g/mol. The van der Waals surface area contributed by atoms with Crippen molar-refractivity contribution >= 4 is 17.9 Å². The minimum Gasteiger partial charge on any atom is -0.508 e. The van der Waals surface area contributed by atoms with Crippen molar-refractivity contribution in [2.45, 2.75) is 6.42 Å². The van der Waals surface area contributed by atoms with Crippen molar-refractivity contribution in [3.05, 3.63) is 83.7 Å². The molecule has 156 valence electrons. The minimum absolute atomic E-state index is 0.00534. The van der Waals surface area contributed by atoms with Gasteiger partial charge in [-0.15, -0.1) is 6.58 Å². The quantitative estimate of drug-likeness (QED) is 0.243. The van der Waals surface area contributed by atoms with Gasteiger partial charge in [-0.25, -0.2) is 0 Å².